The van der Waals surface area contributed by atoms with Crippen LogP contribution in [0.15, 0.2) is 47.4 Å². The summed E-state index contributed by atoms with van der Waals surface area (Å²) in [7, 11) is -2.16. The molecule has 0 saturated carbocycles. The number of hydrogen-bond acceptors (Lipinski definition) is 5. The van der Waals surface area contributed by atoms with Crippen LogP contribution in [0.1, 0.15) is 18.9 Å². The fourth-order valence-electron chi connectivity index (χ4n) is 3.66. The normalized spacial score (nSPS) is 15.4. The van der Waals surface area contributed by atoms with Crippen molar-refractivity contribution >= 4 is 15.7 Å². The molecular formula is C22H30FN3O3S. The van der Waals surface area contributed by atoms with Crippen LogP contribution in [-0.4, -0.2) is 59.7 Å². The lowest BCUT2D eigenvalue weighted by atomic mass is 10.2. The Morgan fingerprint density at radius 1 is 1.10 bits per heavy atom. The first kappa shape index (κ1) is 22.5. The lowest BCUT2D eigenvalue weighted by Gasteiger charge is -2.36. The molecule has 0 bridgehead atoms. The summed E-state index contributed by atoms with van der Waals surface area (Å²) in [6.07, 6.45) is 1.46. The van der Waals surface area contributed by atoms with Crippen LogP contribution in [0, 0.1) is 5.82 Å². The first-order valence-electron chi connectivity index (χ1n) is 10.3. The van der Waals surface area contributed by atoms with E-state index in [9.17, 15) is 12.8 Å². The number of benzene rings is 2. The third kappa shape index (κ3) is 5.50. The number of sulfonamides is 1. The van der Waals surface area contributed by atoms with Gasteiger partial charge in [-0.2, -0.15) is 0 Å². The Morgan fingerprint density at radius 2 is 1.83 bits per heavy atom. The maximum Gasteiger partial charge on any atom is 0.244 e. The van der Waals surface area contributed by atoms with Crippen molar-refractivity contribution in [3.8, 4) is 5.75 Å². The molecule has 3 rings (SSSR count). The van der Waals surface area contributed by atoms with Gasteiger partial charge in [0.2, 0.25) is 10.0 Å². The molecule has 6 nitrogen and oxygen atoms in total. The number of piperazine rings is 1. The Bertz CT molecular complexity index is 944. The van der Waals surface area contributed by atoms with Gasteiger partial charge in [-0.1, -0.05) is 25.1 Å². The molecule has 164 valence electrons. The van der Waals surface area contributed by atoms with E-state index in [-0.39, 0.29) is 10.7 Å². The second-order valence-electron chi connectivity index (χ2n) is 7.37. The number of anilines is 1. The molecule has 0 aliphatic carbocycles. The van der Waals surface area contributed by atoms with Gasteiger partial charge >= 0.3 is 0 Å². The molecule has 0 aromatic heterocycles. The Hall–Kier alpha value is -2.16. The molecule has 1 aliphatic rings. The Balaban J connectivity index is 1.47. The number of methoxy groups -OCH3 is 1. The Kier molecular flexibility index (Phi) is 7.69. The standard InChI is InChI=1S/C22H30FN3O3S/c1-3-18-9-10-21(29-2)22(17-18)30(27,28)24-11-6-12-25-13-15-26(16-14-25)20-8-5-4-7-19(20)23/h4-5,7-10,17,24H,3,6,11-16H2,1-2H3. The molecule has 2 aromatic carbocycles. The maximum atomic E-state index is 13.9. The molecule has 0 radical (unpaired) electrons. The van der Waals surface area contributed by atoms with Crippen LogP contribution < -0.4 is 14.4 Å². The quantitative estimate of drug-likeness (QED) is 0.614. The van der Waals surface area contributed by atoms with E-state index in [0.29, 0.717) is 24.4 Å². The van der Waals surface area contributed by atoms with Crippen LogP contribution in [0.5, 0.6) is 5.75 Å². The highest BCUT2D eigenvalue weighted by molar-refractivity contribution is 7.89. The van der Waals surface area contributed by atoms with E-state index in [2.05, 4.69) is 14.5 Å². The summed E-state index contributed by atoms with van der Waals surface area (Å²) in [5, 5.41) is 0. The van der Waals surface area contributed by atoms with Gasteiger partial charge < -0.3 is 9.64 Å². The molecule has 1 N–H and O–H groups in total. The minimum atomic E-state index is -3.63. The molecule has 0 unspecified atom stereocenters. The largest absolute Gasteiger partial charge is 0.495 e. The predicted molar refractivity (Wildman–Crippen MR) is 117 cm³/mol. The second-order valence-corrected chi connectivity index (χ2v) is 9.11. The van der Waals surface area contributed by atoms with Gasteiger partial charge in [0.05, 0.1) is 12.8 Å². The number of aryl methyl sites for hydroxylation is 1. The zero-order valence-corrected chi connectivity index (χ0v) is 18.4. The molecule has 8 heteroatoms. The highest BCUT2D eigenvalue weighted by atomic mass is 32.2. The van der Waals surface area contributed by atoms with Gasteiger partial charge in [0, 0.05) is 32.7 Å². The highest BCUT2D eigenvalue weighted by Gasteiger charge is 2.21. The first-order valence-corrected chi connectivity index (χ1v) is 11.8. The minimum Gasteiger partial charge on any atom is -0.495 e. The monoisotopic (exact) mass is 435 g/mol. The van der Waals surface area contributed by atoms with E-state index >= 15 is 0 Å². The summed E-state index contributed by atoms with van der Waals surface area (Å²) in [5.74, 6) is 0.159. The maximum absolute atomic E-state index is 13.9. The SMILES string of the molecule is CCc1ccc(OC)c(S(=O)(=O)NCCCN2CCN(c3ccccc3F)CC2)c1. The number of para-hydroxylation sites is 1. The molecule has 1 fully saturated rings. The second kappa shape index (κ2) is 10.2. The van der Waals surface area contributed by atoms with E-state index in [4.69, 9.17) is 4.74 Å². The van der Waals surface area contributed by atoms with E-state index in [1.165, 1.54) is 13.2 Å². The van der Waals surface area contributed by atoms with Crippen LogP contribution in [0.2, 0.25) is 0 Å². The minimum absolute atomic E-state index is 0.183. The number of nitrogens with zero attached hydrogens (tertiary/aromatic N) is 2. The van der Waals surface area contributed by atoms with E-state index in [1.54, 1.807) is 18.2 Å². The smallest absolute Gasteiger partial charge is 0.244 e. The highest BCUT2D eigenvalue weighted by Crippen LogP contribution is 2.25. The summed E-state index contributed by atoms with van der Waals surface area (Å²) < 4.78 is 47.3. The van der Waals surface area contributed by atoms with Gasteiger partial charge in [0.15, 0.2) is 0 Å². The van der Waals surface area contributed by atoms with Crippen molar-refractivity contribution in [2.45, 2.75) is 24.7 Å². The Morgan fingerprint density at radius 3 is 2.50 bits per heavy atom. The van der Waals surface area contributed by atoms with Crippen molar-refractivity contribution in [1.29, 1.82) is 0 Å². The molecule has 1 heterocycles. The number of nitrogens with one attached hydrogen (secondary N) is 1. The average Bonchev–Trinajstić information content (AvgIpc) is 2.77. The van der Waals surface area contributed by atoms with Gasteiger partial charge in [-0.05, 0) is 49.2 Å². The van der Waals surface area contributed by atoms with Crippen LogP contribution in [0.25, 0.3) is 0 Å². The van der Waals surface area contributed by atoms with Crippen molar-refractivity contribution in [1.82, 2.24) is 9.62 Å². The molecule has 1 saturated heterocycles. The fraction of sp³-hybridized carbons (Fsp3) is 0.455. The van der Waals surface area contributed by atoms with Gasteiger partial charge in [0.25, 0.3) is 0 Å². The van der Waals surface area contributed by atoms with Crippen molar-refractivity contribution in [3.63, 3.8) is 0 Å². The van der Waals surface area contributed by atoms with Crippen molar-refractivity contribution in [3.05, 3.63) is 53.8 Å². The summed E-state index contributed by atoms with van der Waals surface area (Å²) in [5.41, 5.74) is 1.59. The summed E-state index contributed by atoms with van der Waals surface area (Å²) in [6, 6.07) is 12.1. The summed E-state index contributed by atoms with van der Waals surface area (Å²) in [6.45, 7) is 6.30. The van der Waals surface area contributed by atoms with E-state index in [0.717, 1.165) is 44.7 Å². The van der Waals surface area contributed by atoms with Crippen molar-refractivity contribution in [2.75, 3.05) is 51.3 Å². The third-order valence-corrected chi connectivity index (χ3v) is 6.92. The predicted octanol–water partition coefficient (Wildman–Crippen LogP) is 2.89. The van der Waals surface area contributed by atoms with Crippen LogP contribution >= 0.6 is 0 Å². The van der Waals surface area contributed by atoms with Gasteiger partial charge in [-0.15, -0.1) is 0 Å². The number of rotatable bonds is 9. The summed E-state index contributed by atoms with van der Waals surface area (Å²) in [4.78, 5) is 4.52. The molecule has 0 spiro atoms. The average molecular weight is 436 g/mol. The number of halogens is 1. The number of hydrogen-bond donors (Lipinski definition) is 1. The molecular weight excluding hydrogens is 405 g/mol. The summed E-state index contributed by atoms with van der Waals surface area (Å²) >= 11 is 0. The van der Waals surface area contributed by atoms with Gasteiger partial charge in [-0.25, -0.2) is 17.5 Å². The van der Waals surface area contributed by atoms with Gasteiger partial charge in [-0.3, -0.25) is 4.90 Å². The molecule has 2 aromatic rings. The molecule has 1 aliphatic heterocycles. The van der Waals surface area contributed by atoms with Crippen LogP contribution in [0.4, 0.5) is 10.1 Å². The van der Waals surface area contributed by atoms with E-state index < -0.39 is 10.0 Å². The van der Waals surface area contributed by atoms with Crippen molar-refractivity contribution < 1.29 is 17.5 Å². The fourth-order valence-corrected chi connectivity index (χ4v) is 4.95. The third-order valence-electron chi connectivity index (χ3n) is 5.43. The zero-order chi connectivity index (χ0) is 21.6. The number of ether oxygens (including phenoxy) is 1. The van der Waals surface area contributed by atoms with Crippen molar-refractivity contribution in [2.24, 2.45) is 0 Å². The first-order chi connectivity index (χ1) is 14.4. The van der Waals surface area contributed by atoms with Gasteiger partial charge in [0.1, 0.15) is 16.5 Å². The molecule has 0 amide bonds. The molecule has 30 heavy (non-hydrogen) atoms. The lowest BCUT2D eigenvalue weighted by Crippen LogP contribution is -2.47. The van der Waals surface area contributed by atoms with Crippen LogP contribution in [0.3, 0.4) is 0 Å². The molecule has 0 atom stereocenters. The Labute approximate surface area is 178 Å². The van der Waals surface area contributed by atoms with Crippen LogP contribution in [-0.2, 0) is 16.4 Å². The topological polar surface area (TPSA) is 61.9 Å². The lowest BCUT2D eigenvalue weighted by molar-refractivity contribution is 0.255. The zero-order valence-electron chi connectivity index (χ0n) is 17.6. The van der Waals surface area contributed by atoms with E-state index in [1.807, 2.05) is 25.1 Å².